The van der Waals surface area contributed by atoms with E-state index in [4.69, 9.17) is 27.9 Å². The Morgan fingerprint density at radius 3 is 2.62 bits per heavy atom. The highest BCUT2D eigenvalue weighted by Gasteiger charge is 2.05. The lowest BCUT2D eigenvalue weighted by Crippen LogP contribution is -1.89. The Kier molecular flexibility index (Phi) is 3.27. The molecular formula is C11H6Cl2FNO. The standard InChI is InChI=1S/C11H6Cl2FNO/c12-8-6-7(14)4-5-9(8)16-11-3-1-2-10(13)15-11/h1-6H. The highest BCUT2D eigenvalue weighted by atomic mass is 35.5. The molecule has 0 fully saturated rings. The fraction of sp³-hybridized carbons (Fsp3) is 0. The predicted octanol–water partition coefficient (Wildman–Crippen LogP) is 4.32. The first-order valence-electron chi connectivity index (χ1n) is 4.40. The van der Waals surface area contributed by atoms with Gasteiger partial charge in [-0.3, -0.25) is 0 Å². The Morgan fingerprint density at radius 1 is 1.12 bits per heavy atom. The van der Waals surface area contributed by atoms with E-state index >= 15 is 0 Å². The third-order valence-electron chi connectivity index (χ3n) is 1.80. The van der Waals surface area contributed by atoms with Crippen LogP contribution in [0.15, 0.2) is 36.4 Å². The van der Waals surface area contributed by atoms with Gasteiger partial charge in [-0.25, -0.2) is 9.37 Å². The summed E-state index contributed by atoms with van der Waals surface area (Å²) in [5.41, 5.74) is 0. The lowest BCUT2D eigenvalue weighted by Gasteiger charge is -2.06. The fourth-order valence-corrected chi connectivity index (χ4v) is 1.48. The molecule has 0 aliphatic carbocycles. The van der Waals surface area contributed by atoms with Crippen LogP contribution in [0.3, 0.4) is 0 Å². The molecule has 0 spiro atoms. The van der Waals surface area contributed by atoms with Crippen molar-refractivity contribution < 1.29 is 9.13 Å². The summed E-state index contributed by atoms with van der Waals surface area (Å²) in [6.45, 7) is 0. The monoisotopic (exact) mass is 257 g/mol. The molecule has 2 nitrogen and oxygen atoms in total. The van der Waals surface area contributed by atoms with Crippen LogP contribution in [0.25, 0.3) is 0 Å². The van der Waals surface area contributed by atoms with Gasteiger partial charge in [0.1, 0.15) is 16.7 Å². The smallest absolute Gasteiger partial charge is 0.220 e. The van der Waals surface area contributed by atoms with E-state index in [0.29, 0.717) is 16.8 Å². The van der Waals surface area contributed by atoms with Gasteiger partial charge >= 0.3 is 0 Å². The van der Waals surface area contributed by atoms with Crippen LogP contribution in [-0.2, 0) is 0 Å². The number of ether oxygens (including phenoxy) is 1. The second kappa shape index (κ2) is 4.68. The average Bonchev–Trinajstić information content (AvgIpc) is 2.22. The molecule has 0 radical (unpaired) electrons. The van der Waals surface area contributed by atoms with Crippen molar-refractivity contribution in [3.63, 3.8) is 0 Å². The van der Waals surface area contributed by atoms with Crippen molar-refractivity contribution in [3.05, 3.63) is 52.4 Å². The first-order valence-corrected chi connectivity index (χ1v) is 5.16. The van der Waals surface area contributed by atoms with Gasteiger partial charge in [0.15, 0.2) is 0 Å². The minimum atomic E-state index is -0.420. The van der Waals surface area contributed by atoms with E-state index in [1.807, 2.05) is 0 Å². The summed E-state index contributed by atoms with van der Waals surface area (Å²) in [6.07, 6.45) is 0. The number of pyridine rings is 1. The van der Waals surface area contributed by atoms with Crippen molar-refractivity contribution in [2.45, 2.75) is 0 Å². The van der Waals surface area contributed by atoms with Gasteiger partial charge < -0.3 is 4.74 Å². The van der Waals surface area contributed by atoms with Crippen LogP contribution < -0.4 is 4.74 Å². The molecule has 0 aliphatic heterocycles. The molecule has 1 aromatic heterocycles. The Hall–Kier alpha value is -1.32. The minimum Gasteiger partial charge on any atom is -0.437 e. The molecule has 1 aromatic carbocycles. The zero-order chi connectivity index (χ0) is 11.5. The maximum Gasteiger partial charge on any atom is 0.220 e. The van der Waals surface area contributed by atoms with E-state index in [0.717, 1.165) is 0 Å². The normalized spacial score (nSPS) is 10.2. The van der Waals surface area contributed by atoms with E-state index < -0.39 is 5.82 Å². The molecule has 1 heterocycles. The number of hydrogen-bond donors (Lipinski definition) is 0. The molecule has 82 valence electrons. The van der Waals surface area contributed by atoms with E-state index in [1.165, 1.54) is 18.2 Å². The quantitative estimate of drug-likeness (QED) is 0.748. The molecule has 0 N–H and O–H groups in total. The Labute approximate surface area is 102 Å². The number of rotatable bonds is 2. The van der Waals surface area contributed by atoms with Crippen LogP contribution in [0.2, 0.25) is 10.2 Å². The zero-order valence-corrected chi connectivity index (χ0v) is 9.47. The maximum absolute atomic E-state index is 12.8. The summed E-state index contributed by atoms with van der Waals surface area (Å²) in [5, 5.41) is 0.498. The van der Waals surface area contributed by atoms with Crippen molar-refractivity contribution in [2.75, 3.05) is 0 Å². The maximum atomic E-state index is 12.8. The Morgan fingerprint density at radius 2 is 1.94 bits per heavy atom. The summed E-state index contributed by atoms with van der Waals surface area (Å²) in [5.74, 6) is 0.218. The van der Waals surface area contributed by atoms with E-state index in [9.17, 15) is 4.39 Å². The molecule has 0 unspecified atom stereocenters. The summed E-state index contributed by atoms with van der Waals surface area (Å²) >= 11 is 11.5. The van der Waals surface area contributed by atoms with Gasteiger partial charge in [0.25, 0.3) is 0 Å². The number of benzene rings is 1. The minimum absolute atomic E-state index is 0.182. The summed E-state index contributed by atoms with van der Waals surface area (Å²) in [7, 11) is 0. The van der Waals surface area contributed by atoms with E-state index in [-0.39, 0.29) is 5.02 Å². The first-order chi connectivity index (χ1) is 7.65. The molecule has 16 heavy (non-hydrogen) atoms. The number of nitrogens with zero attached hydrogens (tertiary/aromatic N) is 1. The Balaban J connectivity index is 2.27. The second-order valence-corrected chi connectivity index (χ2v) is 3.77. The van der Waals surface area contributed by atoms with Gasteiger partial charge in [0, 0.05) is 6.07 Å². The highest BCUT2D eigenvalue weighted by Crippen LogP contribution is 2.29. The van der Waals surface area contributed by atoms with Gasteiger partial charge in [0.2, 0.25) is 5.88 Å². The van der Waals surface area contributed by atoms with Crippen LogP contribution in [0, 0.1) is 5.82 Å². The highest BCUT2D eigenvalue weighted by molar-refractivity contribution is 6.32. The van der Waals surface area contributed by atoms with Gasteiger partial charge in [-0.1, -0.05) is 29.3 Å². The van der Waals surface area contributed by atoms with E-state index in [1.54, 1.807) is 18.2 Å². The SMILES string of the molecule is Fc1ccc(Oc2cccc(Cl)n2)c(Cl)c1. The van der Waals surface area contributed by atoms with Crippen LogP contribution in [0.4, 0.5) is 4.39 Å². The molecule has 2 rings (SSSR count). The van der Waals surface area contributed by atoms with Crippen molar-refractivity contribution in [2.24, 2.45) is 0 Å². The predicted molar refractivity (Wildman–Crippen MR) is 60.7 cm³/mol. The fourth-order valence-electron chi connectivity index (χ4n) is 1.12. The zero-order valence-electron chi connectivity index (χ0n) is 7.95. The molecule has 0 saturated carbocycles. The molecule has 0 aliphatic rings. The lowest BCUT2D eigenvalue weighted by atomic mass is 10.3. The van der Waals surface area contributed by atoms with Gasteiger partial charge in [-0.2, -0.15) is 0 Å². The van der Waals surface area contributed by atoms with Crippen LogP contribution >= 0.6 is 23.2 Å². The molecule has 0 amide bonds. The molecule has 0 atom stereocenters. The van der Waals surface area contributed by atoms with Gasteiger partial charge in [-0.05, 0) is 24.3 Å². The average molecular weight is 258 g/mol. The molecule has 0 bridgehead atoms. The van der Waals surface area contributed by atoms with Crippen LogP contribution in [0.5, 0.6) is 11.6 Å². The Bertz CT molecular complexity index is 519. The largest absolute Gasteiger partial charge is 0.437 e. The van der Waals surface area contributed by atoms with Gasteiger partial charge in [-0.15, -0.1) is 0 Å². The molecule has 5 heteroatoms. The molecule has 2 aromatic rings. The number of hydrogen-bond acceptors (Lipinski definition) is 2. The summed E-state index contributed by atoms with van der Waals surface area (Å²) < 4.78 is 18.1. The van der Waals surface area contributed by atoms with Crippen molar-refractivity contribution >= 4 is 23.2 Å². The third kappa shape index (κ3) is 2.62. The van der Waals surface area contributed by atoms with Crippen molar-refractivity contribution in [1.82, 2.24) is 4.98 Å². The van der Waals surface area contributed by atoms with E-state index in [2.05, 4.69) is 4.98 Å². The first kappa shape index (κ1) is 11.2. The van der Waals surface area contributed by atoms with Crippen molar-refractivity contribution in [3.8, 4) is 11.6 Å². The molecular weight excluding hydrogens is 252 g/mol. The topological polar surface area (TPSA) is 22.1 Å². The third-order valence-corrected chi connectivity index (χ3v) is 2.30. The second-order valence-electron chi connectivity index (χ2n) is 2.98. The number of halogens is 3. The lowest BCUT2D eigenvalue weighted by molar-refractivity contribution is 0.461. The summed E-state index contributed by atoms with van der Waals surface area (Å²) in [4.78, 5) is 3.92. The van der Waals surface area contributed by atoms with Crippen LogP contribution in [0.1, 0.15) is 0 Å². The number of aromatic nitrogens is 1. The summed E-state index contributed by atoms with van der Waals surface area (Å²) in [6, 6.07) is 8.81. The molecule has 0 saturated heterocycles. The van der Waals surface area contributed by atoms with Crippen molar-refractivity contribution in [1.29, 1.82) is 0 Å². The van der Waals surface area contributed by atoms with Crippen LogP contribution in [-0.4, -0.2) is 4.98 Å². The van der Waals surface area contributed by atoms with Gasteiger partial charge in [0.05, 0.1) is 5.02 Å².